The van der Waals surface area contributed by atoms with E-state index in [-0.39, 0.29) is 18.1 Å². The summed E-state index contributed by atoms with van der Waals surface area (Å²) in [5, 5.41) is 0. The van der Waals surface area contributed by atoms with Gasteiger partial charge in [0.05, 0.1) is 25.7 Å². The Morgan fingerprint density at radius 3 is 1.96 bits per heavy atom. The number of ketones is 1. The fraction of sp³-hybridized carbons (Fsp3) is 0.286. The fourth-order valence-corrected chi connectivity index (χ4v) is 3.04. The molecule has 0 N–H and O–H groups in total. The van der Waals surface area contributed by atoms with Gasteiger partial charge in [-0.15, -0.1) is 0 Å². The van der Waals surface area contributed by atoms with Gasteiger partial charge in [-0.2, -0.15) is 0 Å². The van der Waals surface area contributed by atoms with Crippen LogP contribution in [0, 0.1) is 0 Å². The first-order chi connectivity index (χ1) is 12.5. The summed E-state index contributed by atoms with van der Waals surface area (Å²) in [7, 11) is 2.64. The van der Waals surface area contributed by atoms with Crippen LogP contribution in [-0.2, 0) is 19.1 Å². The number of benzene rings is 2. The Labute approximate surface area is 152 Å². The fourth-order valence-electron chi connectivity index (χ4n) is 3.04. The van der Waals surface area contributed by atoms with E-state index in [1.165, 1.54) is 21.1 Å². The molecule has 2 aromatic carbocycles. The second kappa shape index (κ2) is 8.94. The molecule has 0 aromatic heterocycles. The predicted octanol–water partition coefficient (Wildman–Crippen LogP) is 3.49. The molecule has 136 valence electrons. The molecule has 0 amide bonds. The molecule has 2 rings (SSSR count). The van der Waals surface area contributed by atoms with Crippen molar-refractivity contribution < 1.29 is 23.9 Å². The van der Waals surface area contributed by atoms with Gasteiger partial charge < -0.3 is 14.3 Å². The number of carbonyl (C=O) groups excluding carboxylic acids is 3. The molecule has 0 bridgehead atoms. The molecule has 0 unspecified atom stereocenters. The van der Waals surface area contributed by atoms with Gasteiger partial charge in [0, 0.05) is 12.3 Å². The standard InChI is InChI=1S/C21H22O5/c1-14(22)13-18(15-7-5-4-6-8-15)19(21(24)26-3)16-9-11-17(12-10-16)20(23)25-2/h4-12,18-19H,13H2,1-3H3/t18-,19-/m1/s1. The summed E-state index contributed by atoms with van der Waals surface area (Å²) in [5.74, 6) is -1.90. The monoisotopic (exact) mass is 354 g/mol. The number of carbonyl (C=O) groups is 3. The Balaban J connectivity index is 2.48. The molecular weight excluding hydrogens is 332 g/mol. The molecule has 0 fully saturated rings. The lowest BCUT2D eigenvalue weighted by molar-refractivity contribution is -0.143. The van der Waals surface area contributed by atoms with Crippen LogP contribution in [0.4, 0.5) is 0 Å². The van der Waals surface area contributed by atoms with Crippen molar-refractivity contribution in [1.82, 2.24) is 0 Å². The predicted molar refractivity (Wildman–Crippen MR) is 97.0 cm³/mol. The smallest absolute Gasteiger partial charge is 0.337 e. The number of ether oxygens (including phenoxy) is 2. The summed E-state index contributed by atoms with van der Waals surface area (Å²) in [6.45, 7) is 1.50. The number of rotatable bonds is 7. The minimum absolute atomic E-state index is 0.0149. The van der Waals surface area contributed by atoms with Crippen molar-refractivity contribution in [3.63, 3.8) is 0 Å². The zero-order valence-corrected chi connectivity index (χ0v) is 15.1. The van der Waals surface area contributed by atoms with E-state index in [4.69, 9.17) is 9.47 Å². The molecule has 0 radical (unpaired) electrons. The van der Waals surface area contributed by atoms with E-state index < -0.39 is 17.9 Å². The van der Waals surface area contributed by atoms with E-state index in [0.29, 0.717) is 11.1 Å². The van der Waals surface area contributed by atoms with Crippen LogP contribution in [0.25, 0.3) is 0 Å². The number of methoxy groups -OCH3 is 2. The lowest BCUT2D eigenvalue weighted by Gasteiger charge is -2.25. The summed E-state index contributed by atoms with van der Waals surface area (Å²) in [6.07, 6.45) is 0.211. The first-order valence-electron chi connectivity index (χ1n) is 8.28. The van der Waals surface area contributed by atoms with E-state index in [1.807, 2.05) is 30.3 Å². The zero-order chi connectivity index (χ0) is 19.1. The third kappa shape index (κ3) is 4.57. The maximum Gasteiger partial charge on any atom is 0.337 e. The van der Waals surface area contributed by atoms with Crippen molar-refractivity contribution in [2.24, 2.45) is 0 Å². The van der Waals surface area contributed by atoms with Crippen LogP contribution in [0.5, 0.6) is 0 Å². The van der Waals surface area contributed by atoms with Gasteiger partial charge in [-0.05, 0) is 30.2 Å². The second-order valence-corrected chi connectivity index (χ2v) is 6.04. The molecule has 0 aliphatic rings. The van der Waals surface area contributed by atoms with Gasteiger partial charge in [-0.3, -0.25) is 4.79 Å². The molecule has 2 aromatic rings. The van der Waals surface area contributed by atoms with Gasteiger partial charge in [0.1, 0.15) is 5.78 Å². The Kier molecular flexibility index (Phi) is 6.67. The zero-order valence-electron chi connectivity index (χ0n) is 15.1. The van der Waals surface area contributed by atoms with Crippen LogP contribution in [0.15, 0.2) is 54.6 Å². The van der Waals surface area contributed by atoms with Gasteiger partial charge in [-0.1, -0.05) is 42.5 Å². The van der Waals surface area contributed by atoms with E-state index >= 15 is 0 Å². The number of hydrogen-bond acceptors (Lipinski definition) is 5. The largest absolute Gasteiger partial charge is 0.469 e. The molecule has 0 spiro atoms. The van der Waals surface area contributed by atoms with Gasteiger partial charge in [0.15, 0.2) is 0 Å². The summed E-state index contributed by atoms with van der Waals surface area (Å²) in [4.78, 5) is 36.0. The van der Waals surface area contributed by atoms with Crippen LogP contribution in [-0.4, -0.2) is 31.9 Å². The molecule has 26 heavy (non-hydrogen) atoms. The Bertz CT molecular complexity index is 765. The molecule has 0 aliphatic heterocycles. The number of hydrogen-bond donors (Lipinski definition) is 0. The summed E-state index contributed by atoms with van der Waals surface area (Å²) < 4.78 is 9.71. The average molecular weight is 354 g/mol. The van der Waals surface area contributed by atoms with Crippen molar-refractivity contribution in [1.29, 1.82) is 0 Å². The van der Waals surface area contributed by atoms with Crippen molar-refractivity contribution >= 4 is 17.7 Å². The van der Waals surface area contributed by atoms with Gasteiger partial charge >= 0.3 is 11.9 Å². The third-order valence-corrected chi connectivity index (χ3v) is 4.28. The second-order valence-electron chi connectivity index (χ2n) is 6.04. The van der Waals surface area contributed by atoms with Crippen LogP contribution in [0.2, 0.25) is 0 Å². The first-order valence-corrected chi connectivity index (χ1v) is 8.28. The molecule has 0 heterocycles. The summed E-state index contributed by atoms with van der Waals surface area (Å²) in [5.41, 5.74) is 1.96. The van der Waals surface area contributed by atoms with Gasteiger partial charge in [0.25, 0.3) is 0 Å². The quantitative estimate of drug-likeness (QED) is 0.712. The van der Waals surface area contributed by atoms with Gasteiger partial charge in [-0.25, -0.2) is 4.79 Å². The Morgan fingerprint density at radius 1 is 0.846 bits per heavy atom. The SMILES string of the molecule is COC(=O)c1ccc([C@@H](C(=O)OC)[C@H](CC(C)=O)c2ccccc2)cc1. The lowest BCUT2D eigenvalue weighted by atomic mass is 9.78. The maximum atomic E-state index is 12.6. The van der Waals surface area contributed by atoms with Crippen LogP contribution < -0.4 is 0 Å². The highest BCUT2D eigenvalue weighted by Crippen LogP contribution is 2.37. The highest BCUT2D eigenvalue weighted by Gasteiger charge is 2.33. The van der Waals surface area contributed by atoms with Crippen LogP contribution in [0.1, 0.15) is 46.7 Å². The molecule has 0 saturated heterocycles. The van der Waals surface area contributed by atoms with Crippen molar-refractivity contribution in [2.75, 3.05) is 14.2 Å². The highest BCUT2D eigenvalue weighted by molar-refractivity contribution is 5.89. The number of esters is 2. The third-order valence-electron chi connectivity index (χ3n) is 4.28. The number of Topliss-reactive ketones (excluding diaryl/α,β-unsaturated/α-hetero) is 1. The minimum atomic E-state index is -0.655. The normalized spacial score (nSPS) is 12.7. The first kappa shape index (κ1) is 19.4. The Hall–Kier alpha value is -2.95. The van der Waals surface area contributed by atoms with Crippen molar-refractivity contribution in [3.8, 4) is 0 Å². The molecular formula is C21H22O5. The summed E-state index contributed by atoms with van der Waals surface area (Å²) in [6, 6.07) is 16.0. The average Bonchev–Trinajstić information content (AvgIpc) is 2.67. The minimum Gasteiger partial charge on any atom is -0.469 e. The molecule has 5 heteroatoms. The van der Waals surface area contributed by atoms with Crippen molar-refractivity contribution in [3.05, 3.63) is 71.3 Å². The molecule has 0 aliphatic carbocycles. The molecule has 5 nitrogen and oxygen atoms in total. The molecule has 2 atom stereocenters. The molecule has 0 saturated carbocycles. The van der Waals surface area contributed by atoms with Crippen LogP contribution >= 0.6 is 0 Å². The van der Waals surface area contributed by atoms with Gasteiger partial charge in [0.2, 0.25) is 0 Å². The van der Waals surface area contributed by atoms with Crippen LogP contribution in [0.3, 0.4) is 0 Å². The van der Waals surface area contributed by atoms with Crippen molar-refractivity contribution in [2.45, 2.75) is 25.2 Å². The Morgan fingerprint density at radius 2 is 1.46 bits per heavy atom. The van der Waals surface area contributed by atoms with E-state index in [0.717, 1.165) is 5.56 Å². The van der Waals surface area contributed by atoms with E-state index in [2.05, 4.69) is 0 Å². The topological polar surface area (TPSA) is 69.7 Å². The lowest BCUT2D eigenvalue weighted by Crippen LogP contribution is -2.23. The highest BCUT2D eigenvalue weighted by atomic mass is 16.5. The summed E-state index contributed by atoms with van der Waals surface area (Å²) >= 11 is 0. The van der Waals surface area contributed by atoms with E-state index in [1.54, 1.807) is 24.3 Å². The van der Waals surface area contributed by atoms with E-state index in [9.17, 15) is 14.4 Å². The maximum absolute atomic E-state index is 12.6.